The van der Waals surface area contributed by atoms with Gasteiger partial charge in [-0.25, -0.2) is 0 Å². The summed E-state index contributed by atoms with van der Waals surface area (Å²) in [4.78, 5) is 11.7. The molecule has 0 atom stereocenters. The van der Waals surface area contributed by atoms with Gasteiger partial charge in [0.2, 0.25) is 5.91 Å². The third-order valence-electron chi connectivity index (χ3n) is 5.50. The Hall–Kier alpha value is -0.870. The largest absolute Gasteiger partial charge is 0.350 e. The highest BCUT2D eigenvalue weighted by Crippen LogP contribution is 2.09. The summed E-state index contributed by atoms with van der Waals surface area (Å²) < 4.78 is 0.883. The molecule has 0 heterocycles. The number of quaternary nitrogens is 1. The van der Waals surface area contributed by atoms with E-state index >= 15 is 0 Å². The Morgan fingerprint density at radius 2 is 1.23 bits per heavy atom. The molecule has 2 N–H and O–H groups in total. The Morgan fingerprint density at radius 3 is 1.80 bits per heavy atom. The van der Waals surface area contributed by atoms with Gasteiger partial charge < -0.3 is 15.1 Å². The number of amides is 1. The SMILES string of the molecule is CCCCCCCC/C=C\CCCCCCCCNCCC(=O)NCC[N+](C)(C)C. The molecule has 0 aliphatic heterocycles. The van der Waals surface area contributed by atoms with E-state index in [1.807, 2.05) is 0 Å². The van der Waals surface area contributed by atoms with Crippen LogP contribution in [-0.4, -0.2) is 57.7 Å². The first-order valence-electron chi connectivity index (χ1n) is 12.9. The maximum absolute atomic E-state index is 11.7. The summed E-state index contributed by atoms with van der Waals surface area (Å²) in [6.07, 6.45) is 24.2. The summed E-state index contributed by atoms with van der Waals surface area (Å²) in [6, 6.07) is 0. The summed E-state index contributed by atoms with van der Waals surface area (Å²) in [5.74, 6) is 0.164. The van der Waals surface area contributed by atoms with E-state index in [2.05, 4.69) is 50.9 Å². The summed E-state index contributed by atoms with van der Waals surface area (Å²) >= 11 is 0. The molecule has 30 heavy (non-hydrogen) atoms. The molecule has 4 nitrogen and oxygen atoms in total. The van der Waals surface area contributed by atoms with Gasteiger partial charge in [0.05, 0.1) is 34.2 Å². The van der Waals surface area contributed by atoms with E-state index in [1.54, 1.807) is 0 Å². The van der Waals surface area contributed by atoms with Crippen LogP contribution in [-0.2, 0) is 4.79 Å². The van der Waals surface area contributed by atoms with Crippen LogP contribution in [0, 0.1) is 0 Å². The quantitative estimate of drug-likeness (QED) is 0.130. The van der Waals surface area contributed by atoms with Crippen molar-refractivity contribution in [1.29, 1.82) is 0 Å². The average Bonchev–Trinajstić information content (AvgIpc) is 2.68. The second-order valence-electron chi connectivity index (χ2n) is 9.80. The molecule has 0 aromatic carbocycles. The molecule has 0 saturated carbocycles. The molecule has 178 valence electrons. The third-order valence-corrected chi connectivity index (χ3v) is 5.50. The summed E-state index contributed by atoms with van der Waals surface area (Å²) in [7, 11) is 6.42. The lowest BCUT2D eigenvalue weighted by atomic mass is 10.1. The number of hydrogen-bond donors (Lipinski definition) is 2. The van der Waals surface area contributed by atoms with Crippen LogP contribution in [0.3, 0.4) is 0 Å². The Morgan fingerprint density at radius 1 is 0.700 bits per heavy atom. The van der Waals surface area contributed by atoms with Gasteiger partial charge in [0.25, 0.3) is 0 Å². The van der Waals surface area contributed by atoms with Crippen LogP contribution in [0.5, 0.6) is 0 Å². The van der Waals surface area contributed by atoms with Crippen LogP contribution in [0.25, 0.3) is 0 Å². The number of carbonyl (C=O) groups is 1. The molecule has 0 unspecified atom stereocenters. The number of nitrogens with zero attached hydrogens (tertiary/aromatic N) is 1. The highest BCUT2D eigenvalue weighted by molar-refractivity contribution is 5.75. The maximum atomic E-state index is 11.7. The lowest BCUT2D eigenvalue weighted by Gasteiger charge is -2.23. The molecule has 0 radical (unpaired) electrons. The third kappa shape index (κ3) is 25.2. The number of rotatable bonds is 22. The minimum Gasteiger partial charge on any atom is -0.350 e. The fourth-order valence-electron chi connectivity index (χ4n) is 3.44. The van der Waals surface area contributed by atoms with Gasteiger partial charge in [-0.1, -0.05) is 76.9 Å². The number of allylic oxidation sites excluding steroid dienone is 2. The van der Waals surface area contributed by atoms with Crippen molar-refractivity contribution in [3.05, 3.63) is 12.2 Å². The first-order valence-corrected chi connectivity index (χ1v) is 12.9. The lowest BCUT2D eigenvalue weighted by Crippen LogP contribution is -2.42. The zero-order valence-corrected chi connectivity index (χ0v) is 20.9. The molecule has 0 bridgehead atoms. The van der Waals surface area contributed by atoms with E-state index in [0.29, 0.717) is 6.42 Å². The van der Waals surface area contributed by atoms with Gasteiger partial charge >= 0.3 is 0 Å². The van der Waals surface area contributed by atoms with Crippen LogP contribution >= 0.6 is 0 Å². The molecule has 0 spiro atoms. The standard InChI is InChI=1S/C26H53N3O/c1-5-6-7-8-9-10-11-12-13-14-15-16-17-18-19-20-22-27-23-21-26(30)28-24-25-29(2,3)4/h12-13,27H,5-11,14-25H2,1-4H3/p+1/b13-12-. The molecule has 0 aliphatic carbocycles. The Labute approximate surface area is 188 Å². The Kier molecular flexibility index (Phi) is 20.7. The van der Waals surface area contributed by atoms with E-state index in [1.165, 1.54) is 89.9 Å². The van der Waals surface area contributed by atoms with Crippen LogP contribution in [0.2, 0.25) is 0 Å². The predicted octanol–water partition coefficient (Wildman–Crippen LogP) is 5.83. The van der Waals surface area contributed by atoms with E-state index in [-0.39, 0.29) is 5.91 Å². The highest BCUT2D eigenvalue weighted by Gasteiger charge is 2.07. The summed E-state index contributed by atoms with van der Waals surface area (Å²) in [5, 5.41) is 6.40. The Bertz CT molecular complexity index is 402. The van der Waals surface area contributed by atoms with Gasteiger partial charge in [0.1, 0.15) is 0 Å². The van der Waals surface area contributed by atoms with Crippen molar-refractivity contribution in [3.8, 4) is 0 Å². The first kappa shape index (κ1) is 29.1. The molecule has 0 fully saturated rings. The molecule has 1 amide bonds. The topological polar surface area (TPSA) is 41.1 Å². The number of nitrogens with one attached hydrogen (secondary N) is 2. The van der Waals surface area contributed by atoms with Crippen molar-refractivity contribution in [1.82, 2.24) is 10.6 Å². The average molecular weight is 425 g/mol. The fraction of sp³-hybridized carbons (Fsp3) is 0.885. The molecule has 0 aromatic heterocycles. The van der Waals surface area contributed by atoms with Gasteiger partial charge in [0.15, 0.2) is 0 Å². The molecule has 0 saturated heterocycles. The zero-order valence-electron chi connectivity index (χ0n) is 20.9. The second kappa shape index (κ2) is 21.4. The monoisotopic (exact) mass is 424 g/mol. The van der Waals surface area contributed by atoms with E-state index < -0.39 is 0 Å². The second-order valence-corrected chi connectivity index (χ2v) is 9.80. The molecular weight excluding hydrogens is 370 g/mol. The number of likely N-dealkylation sites (N-methyl/N-ethyl adjacent to an activating group) is 1. The smallest absolute Gasteiger partial charge is 0.221 e. The van der Waals surface area contributed by atoms with Gasteiger partial charge in [-0.3, -0.25) is 4.79 Å². The van der Waals surface area contributed by atoms with Crippen molar-refractivity contribution in [2.45, 2.75) is 103 Å². The van der Waals surface area contributed by atoms with Crippen molar-refractivity contribution in [2.75, 3.05) is 47.3 Å². The van der Waals surface area contributed by atoms with E-state index in [9.17, 15) is 4.79 Å². The molecular formula is C26H54N3O+. The minimum atomic E-state index is 0.164. The van der Waals surface area contributed by atoms with Crippen LogP contribution in [0.1, 0.15) is 103 Å². The van der Waals surface area contributed by atoms with Crippen molar-refractivity contribution in [2.24, 2.45) is 0 Å². The molecule has 0 rings (SSSR count). The van der Waals surface area contributed by atoms with Crippen molar-refractivity contribution in [3.63, 3.8) is 0 Å². The minimum absolute atomic E-state index is 0.164. The molecule has 0 aliphatic rings. The number of carbonyl (C=O) groups excluding carboxylic acids is 1. The highest BCUT2D eigenvalue weighted by atomic mass is 16.1. The van der Waals surface area contributed by atoms with Crippen LogP contribution in [0.4, 0.5) is 0 Å². The van der Waals surface area contributed by atoms with Crippen LogP contribution in [0.15, 0.2) is 12.2 Å². The number of unbranched alkanes of at least 4 members (excludes halogenated alkanes) is 12. The predicted molar refractivity (Wildman–Crippen MR) is 133 cm³/mol. The first-order chi connectivity index (χ1) is 14.5. The number of hydrogen-bond acceptors (Lipinski definition) is 2. The van der Waals surface area contributed by atoms with Gasteiger partial charge in [-0.2, -0.15) is 0 Å². The molecule has 0 aromatic rings. The van der Waals surface area contributed by atoms with E-state index in [4.69, 9.17) is 0 Å². The van der Waals surface area contributed by atoms with Crippen LogP contribution < -0.4 is 10.6 Å². The van der Waals surface area contributed by atoms with Gasteiger partial charge in [-0.15, -0.1) is 0 Å². The lowest BCUT2D eigenvalue weighted by molar-refractivity contribution is -0.869. The Balaban J connectivity index is 3.21. The fourth-order valence-corrected chi connectivity index (χ4v) is 3.44. The maximum Gasteiger partial charge on any atom is 0.221 e. The zero-order chi connectivity index (χ0) is 22.3. The summed E-state index contributed by atoms with van der Waals surface area (Å²) in [5.41, 5.74) is 0. The summed E-state index contributed by atoms with van der Waals surface area (Å²) in [6.45, 7) is 5.83. The normalized spacial score (nSPS) is 12.0. The van der Waals surface area contributed by atoms with Crippen molar-refractivity contribution < 1.29 is 9.28 Å². The molecule has 4 heteroatoms. The van der Waals surface area contributed by atoms with Gasteiger partial charge in [0, 0.05) is 13.0 Å². The van der Waals surface area contributed by atoms with Crippen molar-refractivity contribution >= 4 is 5.91 Å². The van der Waals surface area contributed by atoms with Gasteiger partial charge in [-0.05, 0) is 38.6 Å². The van der Waals surface area contributed by atoms with E-state index in [0.717, 1.165) is 30.7 Å².